The van der Waals surface area contributed by atoms with Crippen LogP contribution in [0.25, 0.3) is 0 Å². The van der Waals surface area contributed by atoms with E-state index in [1.807, 2.05) is 0 Å². The molecule has 0 unspecified atom stereocenters. The van der Waals surface area contributed by atoms with E-state index in [4.69, 9.17) is 0 Å². The van der Waals surface area contributed by atoms with Gasteiger partial charge in [-0.2, -0.15) is 0 Å². The number of halogens is 1. The maximum absolute atomic E-state index is 14.0. The summed E-state index contributed by atoms with van der Waals surface area (Å²) in [5.41, 5.74) is 1.39. The van der Waals surface area contributed by atoms with Crippen molar-refractivity contribution in [3.8, 4) is 0 Å². The summed E-state index contributed by atoms with van der Waals surface area (Å²) >= 11 is 0. The van der Waals surface area contributed by atoms with Crippen molar-refractivity contribution in [2.45, 2.75) is 18.7 Å². The zero-order chi connectivity index (χ0) is 15.8. The van der Waals surface area contributed by atoms with E-state index in [0.717, 1.165) is 11.8 Å². The number of rotatable bonds is 3. The number of benzene rings is 2. The molecule has 0 atom stereocenters. The molecule has 0 aromatic heterocycles. The van der Waals surface area contributed by atoms with Crippen molar-refractivity contribution in [3.05, 3.63) is 64.5 Å². The van der Waals surface area contributed by atoms with Crippen LogP contribution < -0.4 is 0 Å². The van der Waals surface area contributed by atoms with Crippen molar-refractivity contribution in [1.82, 2.24) is 0 Å². The fourth-order valence-corrected chi connectivity index (χ4v) is 2.88. The molecule has 0 saturated carbocycles. The van der Waals surface area contributed by atoms with Gasteiger partial charge in [-0.3, -0.25) is 4.79 Å². The highest BCUT2D eigenvalue weighted by Crippen LogP contribution is 2.21. The van der Waals surface area contributed by atoms with Crippen LogP contribution >= 0.6 is 0 Å². The number of carbonyl (C=O) groups excluding carboxylic acids is 1. The number of hydrogen-bond acceptors (Lipinski definition) is 3. The van der Waals surface area contributed by atoms with Gasteiger partial charge in [0, 0.05) is 11.8 Å². The molecule has 0 aliphatic heterocycles. The lowest BCUT2D eigenvalue weighted by Crippen LogP contribution is -2.08. The summed E-state index contributed by atoms with van der Waals surface area (Å²) in [5.74, 6) is -1.11. The number of carbonyl (C=O) groups is 1. The molecular weight excluding hydrogens is 291 g/mol. The van der Waals surface area contributed by atoms with Crippen molar-refractivity contribution in [2.24, 2.45) is 0 Å². The lowest BCUT2D eigenvalue weighted by Gasteiger charge is -2.09. The van der Waals surface area contributed by atoms with E-state index in [2.05, 4.69) is 0 Å². The largest absolute Gasteiger partial charge is 0.288 e. The predicted octanol–water partition coefficient (Wildman–Crippen LogP) is 3.08. The average Bonchev–Trinajstić information content (AvgIpc) is 2.36. The Balaban J connectivity index is 2.56. The van der Waals surface area contributed by atoms with E-state index >= 15 is 0 Å². The third kappa shape index (κ3) is 3.19. The summed E-state index contributed by atoms with van der Waals surface area (Å²) in [6.45, 7) is 3.40. The molecule has 0 bridgehead atoms. The zero-order valence-corrected chi connectivity index (χ0v) is 12.8. The summed E-state index contributed by atoms with van der Waals surface area (Å²) < 4.78 is 37.1. The van der Waals surface area contributed by atoms with Gasteiger partial charge in [-0.15, -0.1) is 0 Å². The first kappa shape index (κ1) is 15.4. The van der Waals surface area contributed by atoms with Gasteiger partial charge in [0.05, 0.1) is 10.5 Å². The lowest BCUT2D eigenvalue weighted by atomic mass is 9.97. The fourth-order valence-electron chi connectivity index (χ4n) is 2.22. The predicted molar refractivity (Wildman–Crippen MR) is 78.9 cm³/mol. The molecule has 3 nitrogen and oxygen atoms in total. The molecule has 0 radical (unpaired) electrons. The summed E-state index contributed by atoms with van der Waals surface area (Å²) in [5, 5.41) is 0. The second-order valence-electron chi connectivity index (χ2n) is 5.07. The molecule has 0 aliphatic rings. The van der Waals surface area contributed by atoms with E-state index in [1.165, 1.54) is 30.3 Å². The van der Waals surface area contributed by atoms with Gasteiger partial charge in [0.2, 0.25) is 0 Å². The van der Waals surface area contributed by atoms with Crippen molar-refractivity contribution in [1.29, 1.82) is 0 Å². The summed E-state index contributed by atoms with van der Waals surface area (Å²) in [4.78, 5) is 12.5. The maximum atomic E-state index is 14.0. The Hall–Kier alpha value is -2.01. The fraction of sp³-hybridized carbons (Fsp3) is 0.188. The Bertz CT molecular complexity index is 800. The summed E-state index contributed by atoms with van der Waals surface area (Å²) in [6, 6.07) is 8.65. The van der Waals surface area contributed by atoms with Crippen LogP contribution in [0.15, 0.2) is 41.3 Å². The molecule has 0 fully saturated rings. The van der Waals surface area contributed by atoms with Gasteiger partial charge in [-0.1, -0.05) is 18.2 Å². The van der Waals surface area contributed by atoms with Crippen molar-refractivity contribution >= 4 is 15.6 Å². The number of hydrogen-bond donors (Lipinski definition) is 0. The average molecular weight is 306 g/mol. The standard InChI is InChI=1S/C16H15FO3S/c1-10-7-11(2)15(14(17)8-10)16(18)12-5-4-6-13(9-12)21(3,19)20/h4-9H,1-3H3. The Morgan fingerprint density at radius 1 is 1.10 bits per heavy atom. The van der Waals surface area contributed by atoms with Gasteiger partial charge >= 0.3 is 0 Å². The van der Waals surface area contributed by atoms with Gasteiger partial charge in [0.1, 0.15) is 5.82 Å². The Kier molecular flexibility index (Phi) is 3.96. The smallest absolute Gasteiger partial charge is 0.196 e. The molecule has 2 aromatic rings. The Morgan fingerprint density at radius 2 is 1.76 bits per heavy atom. The second-order valence-corrected chi connectivity index (χ2v) is 7.08. The van der Waals surface area contributed by atoms with Gasteiger partial charge in [-0.25, -0.2) is 12.8 Å². The van der Waals surface area contributed by atoms with Crippen molar-refractivity contribution < 1.29 is 17.6 Å². The van der Waals surface area contributed by atoms with Gasteiger partial charge in [0.15, 0.2) is 15.6 Å². The number of sulfone groups is 1. The summed E-state index contributed by atoms with van der Waals surface area (Å²) in [7, 11) is -3.41. The van der Waals surface area contributed by atoms with Crippen LogP contribution in [0.4, 0.5) is 4.39 Å². The second kappa shape index (κ2) is 5.41. The molecule has 0 spiro atoms. The molecule has 0 N–H and O–H groups in total. The molecule has 21 heavy (non-hydrogen) atoms. The molecule has 2 rings (SSSR count). The zero-order valence-electron chi connectivity index (χ0n) is 12.0. The van der Waals surface area contributed by atoms with Gasteiger partial charge in [0.25, 0.3) is 0 Å². The number of aryl methyl sites for hydroxylation is 2. The lowest BCUT2D eigenvalue weighted by molar-refractivity contribution is 0.103. The third-order valence-electron chi connectivity index (χ3n) is 3.18. The first-order chi connectivity index (χ1) is 9.70. The SMILES string of the molecule is Cc1cc(C)c(C(=O)c2cccc(S(C)(=O)=O)c2)c(F)c1. The highest BCUT2D eigenvalue weighted by Gasteiger charge is 2.18. The monoisotopic (exact) mass is 306 g/mol. The Morgan fingerprint density at radius 3 is 2.33 bits per heavy atom. The van der Waals surface area contributed by atoms with Crippen molar-refractivity contribution in [3.63, 3.8) is 0 Å². The van der Waals surface area contributed by atoms with E-state index in [0.29, 0.717) is 5.56 Å². The molecular formula is C16H15FO3S. The van der Waals surface area contributed by atoms with Crippen LogP contribution in [0, 0.1) is 19.7 Å². The summed E-state index contributed by atoms with van der Waals surface area (Å²) in [6.07, 6.45) is 1.06. The molecule has 0 heterocycles. The maximum Gasteiger partial charge on any atom is 0.196 e. The van der Waals surface area contributed by atoms with Gasteiger partial charge in [-0.05, 0) is 43.2 Å². The van der Waals surface area contributed by atoms with Crippen LogP contribution in [0.2, 0.25) is 0 Å². The van der Waals surface area contributed by atoms with Crippen molar-refractivity contribution in [2.75, 3.05) is 6.26 Å². The molecule has 5 heteroatoms. The van der Waals surface area contributed by atoms with E-state index in [1.54, 1.807) is 19.9 Å². The van der Waals surface area contributed by atoms with Gasteiger partial charge < -0.3 is 0 Å². The quantitative estimate of drug-likeness (QED) is 0.819. The van der Waals surface area contributed by atoms with Crippen LogP contribution in [0.1, 0.15) is 27.0 Å². The van der Waals surface area contributed by atoms with Crippen LogP contribution in [-0.2, 0) is 9.84 Å². The minimum Gasteiger partial charge on any atom is -0.288 e. The topological polar surface area (TPSA) is 51.2 Å². The normalized spacial score (nSPS) is 11.4. The first-order valence-corrected chi connectivity index (χ1v) is 8.21. The minimum absolute atomic E-state index is 0.0220. The van der Waals surface area contributed by atoms with Crippen LogP contribution in [-0.4, -0.2) is 20.5 Å². The Labute approximate surface area is 123 Å². The minimum atomic E-state index is -3.41. The molecule has 0 saturated heterocycles. The van der Waals surface area contributed by atoms with Crippen LogP contribution in [0.3, 0.4) is 0 Å². The van der Waals surface area contributed by atoms with Crippen LogP contribution in [0.5, 0.6) is 0 Å². The highest BCUT2D eigenvalue weighted by atomic mass is 32.2. The highest BCUT2D eigenvalue weighted by molar-refractivity contribution is 7.90. The third-order valence-corrected chi connectivity index (χ3v) is 4.29. The number of ketones is 1. The van der Waals surface area contributed by atoms with E-state index in [-0.39, 0.29) is 16.0 Å². The molecule has 0 amide bonds. The van der Waals surface area contributed by atoms with E-state index < -0.39 is 21.4 Å². The molecule has 110 valence electrons. The molecule has 0 aliphatic carbocycles. The molecule has 2 aromatic carbocycles. The van der Waals surface area contributed by atoms with E-state index in [9.17, 15) is 17.6 Å². The first-order valence-electron chi connectivity index (χ1n) is 6.31.